The first-order valence-corrected chi connectivity index (χ1v) is 5.97. The Labute approximate surface area is 98.8 Å². The van der Waals surface area contributed by atoms with Gasteiger partial charge in [-0.15, -0.1) is 0 Å². The van der Waals surface area contributed by atoms with Crippen LogP contribution in [0.4, 0.5) is 0 Å². The van der Waals surface area contributed by atoms with Crippen molar-refractivity contribution < 1.29 is 4.42 Å². The lowest BCUT2D eigenvalue weighted by Crippen LogP contribution is -2.19. The zero-order valence-corrected chi connectivity index (χ0v) is 9.63. The Morgan fingerprint density at radius 1 is 1.44 bits per heavy atom. The van der Waals surface area contributed by atoms with Crippen molar-refractivity contribution in [3.63, 3.8) is 0 Å². The van der Waals surface area contributed by atoms with E-state index < -0.39 is 0 Å². The van der Waals surface area contributed by atoms with Crippen LogP contribution < -0.4 is 5.32 Å². The molecule has 1 heterocycles. The minimum Gasteiger partial charge on any atom is -0.441 e. The lowest BCUT2D eigenvalue weighted by molar-refractivity contribution is 0.514. The monoisotopic (exact) mass is 236 g/mol. The zero-order chi connectivity index (χ0) is 11.0. The Bertz CT molecular complexity index is 505. The molecule has 2 aromatic rings. The summed E-state index contributed by atoms with van der Waals surface area (Å²) in [5, 5.41) is 4.13. The molecule has 0 spiro atoms. The average molecular weight is 237 g/mol. The highest BCUT2D eigenvalue weighted by atomic mass is 35.5. The summed E-state index contributed by atoms with van der Waals surface area (Å²) < 4.78 is 5.62. The number of rotatable bonds is 4. The fraction of sp³-hybridized carbons (Fsp3) is 0.417. The fourth-order valence-corrected chi connectivity index (χ4v) is 1.89. The Hall–Kier alpha value is -1.06. The number of nitrogens with one attached hydrogen (secondary N) is 1. The van der Waals surface area contributed by atoms with E-state index in [2.05, 4.69) is 10.3 Å². The first kappa shape index (κ1) is 10.1. The summed E-state index contributed by atoms with van der Waals surface area (Å²) >= 11 is 5.89. The molecule has 16 heavy (non-hydrogen) atoms. The number of fused-ring (bicyclic) bond motifs is 1. The van der Waals surface area contributed by atoms with Gasteiger partial charge in [-0.3, -0.25) is 0 Å². The molecule has 0 aliphatic heterocycles. The van der Waals surface area contributed by atoms with E-state index in [4.69, 9.17) is 16.0 Å². The van der Waals surface area contributed by atoms with Crippen molar-refractivity contribution in [1.29, 1.82) is 0 Å². The molecule has 0 radical (unpaired) electrons. The molecule has 1 aromatic carbocycles. The second-order valence-electron chi connectivity index (χ2n) is 4.20. The number of aromatic nitrogens is 1. The zero-order valence-electron chi connectivity index (χ0n) is 8.87. The molecule has 0 atom stereocenters. The lowest BCUT2D eigenvalue weighted by Gasteiger charge is -1.97. The van der Waals surface area contributed by atoms with Crippen molar-refractivity contribution >= 4 is 22.7 Å². The predicted molar refractivity (Wildman–Crippen MR) is 63.7 cm³/mol. The van der Waals surface area contributed by atoms with Gasteiger partial charge >= 0.3 is 0 Å². The molecular formula is C12H13ClN2O. The molecule has 1 N–H and O–H groups in total. The van der Waals surface area contributed by atoms with Gasteiger partial charge in [-0.25, -0.2) is 4.98 Å². The third-order valence-corrected chi connectivity index (χ3v) is 2.98. The summed E-state index contributed by atoms with van der Waals surface area (Å²) in [6.45, 7) is 0.936. The summed E-state index contributed by atoms with van der Waals surface area (Å²) in [6.07, 6.45) is 3.45. The maximum atomic E-state index is 5.89. The highest BCUT2D eigenvalue weighted by Gasteiger charge is 2.20. The third-order valence-electron chi connectivity index (χ3n) is 2.74. The Morgan fingerprint density at radius 2 is 2.31 bits per heavy atom. The van der Waals surface area contributed by atoms with E-state index in [-0.39, 0.29) is 0 Å². The van der Waals surface area contributed by atoms with Gasteiger partial charge in [0.05, 0.1) is 0 Å². The summed E-state index contributed by atoms with van der Waals surface area (Å²) in [7, 11) is 0. The molecule has 1 aliphatic carbocycles. The molecule has 0 saturated heterocycles. The van der Waals surface area contributed by atoms with Crippen LogP contribution in [0.2, 0.25) is 5.02 Å². The maximum Gasteiger partial charge on any atom is 0.196 e. The van der Waals surface area contributed by atoms with Gasteiger partial charge in [-0.1, -0.05) is 11.6 Å². The highest BCUT2D eigenvalue weighted by Crippen LogP contribution is 2.21. The molecule has 0 amide bonds. The summed E-state index contributed by atoms with van der Waals surface area (Å²) in [5.41, 5.74) is 1.65. The molecule has 1 fully saturated rings. The van der Waals surface area contributed by atoms with E-state index in [0.717, 1.165) is 36.0 Å². The van der Waals surface area contributed by atoms with Crippen LogP contribution in [0.15, 0.2) is 22.6 Å². The largest absolute Gasteiger partial charge is 0.441 e. The molecule has 4 heteroatoms. The van der Waals surface area contributed by atoms with Gasteiger partial charge in [0.2, 0.25) is 0 Å². The van der Waals surface area contributed by atoms with Crippen molar-refractivity contribution in [2.45, 2.75) is 25.3 Å². The van der Waals surface area contributed by atoms with Gasteiger partial charge in [-0.05, 0) is 31.0 Å². The molecule has 0 unspecified atom stereocenters. The van der Waals surface area contributed by atoms with Crippen molar-refractivity contribution in [1.82, 2.24) is 10.3 Å². The molecule has 3 rings (SSSR count). The average Bonchev–Trinajstić information content (AvgIpc) is 2.98. The van der Waals surface area contributed by atoms with Gasteiger partial charge in [-0.2, -0.15) is 0 Å². The standard InChI is InChI=1S/C12H13ClN2O/c13-8-1-4-11-10(7-8)15-12(16-11)5-6-14-9-2-3-9/h1,4,7,9,14H,2-3,5-6H2. The van der Waals surface area contributed by atoms with Crippen LogP contribution in [0.5, 0.6) is 0 Å². The SMILES string of the molecule is Clc1ccc2oc(CCNC3CC3)nc2c1. The van der Waals surface area contributed by atoms with Crippen LogP contribution in [0, 0.1) is 0 Å². The molecule has 1 aromatic heterocycles. The molecule has 1 saturated carbocycles. The van der Waals surface area contributed by atoms with Crippen molar-refractivity contribution in [2.24, 2.45) is 0 Å². The summed E-state index contributed by atoms with van der Waals surface area (Å²) in [4.78, 5) is 4.40. The molecular weight excluding hydrogens is 224 g/mol. The van der Waals surface area contributed by atoms with E-state index in [1.54, 1.807) is 0 Å². The van der Waals surface area contributed by atoms with E-state index >= 15 is 0 Å². The number of oxazole rings is 1. The van der Waals surface area contributed by atoms with E-state index in [1.165, 1.54) is 12.8 Å². The van der Waals surface area contributed by atoms with E-state index in [0.29, 0.717) is 5.02 Å². The van der Waals surface area contributed by atoms with Crippen LogP contribution in [-0.2, 0) is 6.42 Å². The molecule has 0 bridgehead atoms. The topological polar surface area (TPSA) is 38.1 Å². The minimum atomic E-state index is 0.698. The van der Waals surface area contributed by atoms with Crippen LogP contribution in [0.3, 0.4) is 0 Å². The fourth-order valence-electron chi connectivity index (χ4n) is 1.73. The molecule has 1 aliphatic rings. The number of halogens is 1. The second kappa shape index (κ2) is 4.07. The van der Waals surface area contributed by atoms with Crippen molar-refractivity contribution in [3.05, 3.63) is 29.1 Å². The Morgan fingerprint density at radius 3 is 3.12 bits per heavy atom. The smallest absolute Gasteiger partial charge is 0.196 e. The van der Waals surface area contributed by atoms with Crippen molar-refractivity contribution in [2.75, 3.05) is 6.54 Å². The minimum absolute atomic E-state index is 0.698. The number of benzene rings is 1. The number of hydrogen-bond acceptors (Lipinski definition) is 3. The van der Waals surface area contributed by atoms with Crippen LogP contribution in [0.25, 0.3) is 11.1 Å². The quantitative estimate of drug-likeness (QED) is 0.887. The number of nitrogens with zero attached hydrogens (tertiary/aromatic N) is 1. The first-order chi connectivity index (χ1) is 7.81. The van der Waals surface area contributed by atoms with Gasteiger partial charge in [0, 0.05) is 24.0 Å². The molecule has 3 nitrogen and oxygen atoms in total. The van der Waals surface area contributed by atoms with Crippen LogP contribution >= 0.6 is 11.6 Å². The Balaban J connectivity index is 1.71. The predicted octanol–water partition coefficient (Wildman–Crippen LogP) is 2.78. The van der Waals surface area contributed by atoms with Crippen LogP contribution in [0.1, 0.15) is 18.7 Å². The van der Waals surface area contributed by atoms with E-state index in [9.17, 15) is 0 Å². The summed E-state index contributed by atoms with van der Waals surface area (Å²) in [5.74, 6) is 0.783. The summed E-state index contributed by atoms with van der Waals surface area (Å²) in [6, 6.07) is 6.25. The maximum absolute atomic E-state index is 5.89. The lowest BCUT2D eigenvalue weighted by atomic mass is 10.3. The van der Waals surface area contributed by atoms with Gasteiger partial charge in [0.15, 0.2) is 11.5 Å². The molecule has 84 valence electrons. The van der Waals surface area contributed by atoms with Gasteiger partial charge in [0.1, 0.15) is 5.52 Å². The second-order valence-corrected chi connectivity index (χ2v) is 4.63. The van der Waals surface area contributed by atoms with E-state index in [1.807, 2.05) is 18.2 Å². The van der Waals surface area contributed by atoms with Crippen molar-refractivity contribution in [3.8, 4) is 0 Å². The highest BCUT2D eigenvalue weighted by molar-refractivity contribution is 6.31. The first-order valence-electron chi connectivity index (χ1n) is 5.59. The Kier molecular flexibility index (Phi) is 2.58. The van der Waals surface area contributed by atoms with Crippen LogP contribution in [-0.4, -0.2) is 17.6 Å². The number of hydrogen-bond donors (Lipinski definition) is 1. The van der Waals surface area contributed by atoms with Gasteiger partial charge in [0.25, 0.3) is 0 Å². The normalized spacial score (nSPS) is 15.8. The van der Waals surface area contributed by atoms with Gasteiger partial charge < -0.3 is 9.73 Å². The third kappa shape index (κ3) is 2.20.